The Bertz CT molecular complexity index is 201. The van der Waals surface area contributed by atoms with Crippen LogP contribution in [0.3, 0.4) is 0 Å². The second-order valence-electron chi connectivity index (χ2n) is 5.81. The van der Waals surface area contributed by atoms with E-state index in [1.807, 2.05) is 19.1 Å². The van der Waals surface area contributed by atoms with Crippen molar-refractivity contribution in [3.8, 4) is 0 Å². The molecule has 0 amide bonds. The normalized spacial score (nSPS) is 36.6. The van der Waals surface area contributed by atoms with E-state index in [9.17, 15) is 0 Å². The van der Waals surface area contributed by atoms with Crippen LogP contribution in [-0.4, -0.2) is 31.2 Å². The maximum atomic E-state index is 5.94. The topological polar surface area (TPSA) is 41.3 Å². The molecule has 84 valence electrons. The van der Waals surface area contributed by atoms with E-state index in [1.165, 1.54) is 6.42 Å². The van der Waals surface area contributed by atoms with Gasteiger partial charge in [0.2, 0.25) is 0 Å². The van der Waals surface area contributed by atoms with E-state index in [4.69, 9.17) is 5.73 Å². The molecule has 3 nitrogen and oxygen atoms in total. The molecule has 0 aromatic heterocycles. The Morgan fingerprint density at radius 1 is 1.43 bits per heavy atom. The molecule has 0 aromatic carbocycles. The third-order valence-electron chi connectivity index (χ3n) is 3.41. The standard InChI is InChI=1S/C11H25N3/c1-9-6-10(2,3)7-11(9,8-12)13-14(4)5/h9,13H,6-8,12H2,1-5H3. The number of nitrogens with two attached hydrogens (primary N) is 1. The Morgan fingerprint density at radius 3 is 2.29 bits per heavy atom. The second kappa shape index (κ2) is 3.80. The van der Waals surface area contributed by atoms with Crippen LogP contribution in [0.25, 0.3) is 0 Å². The summed E-state index contributed by atoms with van der Waals surface area (Å²) < 4.78 is 0. The van der Waals surface area contributed by atoms with Gasteiger partial charge >= 0.3 is 0 Å². The van der Waals surface area contributed by atoms with Crippen molar-refractivity contribution in [2.24, 2.45) is 17.1 Å². The average Bonchev–Trinajstić information content (AvgIpc) is 2.21. The zero-order valence-electron chi connectivity index (χ0n) is 10.2. The summed E-state index contributed by atoms with van der Waals surface area (Å²) in [6.07, 6.45) is 2.42. The van der Waals surface area contributed by atoms with Crippen molar-refractivity contribution in [1.29, 1.82) is 0 Å². The molecule has 0 bridgehead atoms. The van der Waals surface area contributed by atoms with Gasteiger partial charge < -0.3 is 5.73 Å². The van der Waals surface area contributed by atoms with Crippen molar-refractivity contribution in [2.45, 2.75) is 39.2 Å². The van der Waals surface area contributed by atoms with Gasteiger partial charge in [0.25, 0.3) is 0 Å². The lowest BCUT2D eigenvalue weighted by Crippen LogP contribution is -2.58. The van der Waals surface area contributed by atoms with E-state index >= 15 is 0 Å². The van der Waals surface area contributed by atoms with Crippen LogP contribution in [0.5, 0.6) is 0 Å². The van der Waals surface area contributed by atoms with E-state index in [1.54, 1.807) is 0 Å². The zero-order chi connectivity index (χ0) is 11.0. The molecular formula is C11H25N3. The van der Waals surface area contributed by atoms with E-state index < -0.39 is 0 Å². The van der Waals surface area contributed by atoms with Gasteiger partial charge in [-0.3, -0.25) is 5.01 Å². The lowest BCUT2D eigenvalue weighted by Gasteiger charge is -2.37. The molecule has 1 fully saturated rings. The van der Waals surface area contributed by atoms with Gasteiger partial charge in [-0.2, -0.15) is 0 Å². The van der Waals surface area contributed by atoms with Gasteiger partial charge in [0.05, 0.1) is 0 Å². The summed E-state index contributed by atoms with van der Waals surface area (Å²) in [5.41, 5.74) is 9.98. The summed E-state index contributed by atoms with van der Waals surface area (Å²) in [7, 11) is 4.07. The number of nitrogens with zero attached hydrogens (tertiary/aromatic N) is 1. The quantitative estimate of drug-likeness (QED) is 0.671. The van der Waals surface area contributed by atoms with Gasteiger partial charge in [-0.15, -0.1) is 0 Å². The second-order valence-corrected chi connectivity index (χ2v) is 5.81. The largest absolute Gasteiger partial charge is 0.329 e. The van der Waals surface area contributed by atoms with Gasteiger partial charge in [-0.1, -0.05) is 20.8 Å². The van der Waals surface area contributed by atoms with E-state index in [0.717, 1.165) is 13.0 Å². The molecular weight excluding hydrogens is 174 g/mol. The van der Waals surface area contributed by atoms with Crippen molar-refractivity contribution >= 4 is 0 Å². The molecule has 2 atom stereocenters. The van der Waals surface area contributed by atoms with E-state index in [-0.39, 0.29) is 5.54 Å². The summed E-state index contributed by atoms with van der Waals surface area (Å²) in [6, 6.07) is 0. The number of hydrazine groups is 1. The van der Waals surface area contributed by atoms with Crippen LogP contribution < -0.4 is 11.2 Å². The Labute approximate surface area is 88.0 Å². The van der Waals surface area contributed by atoms with Crippen molar-refractivity contribution in [2.75, 3.05) is 20.6 Å². The maximum absolute atomic E-state index is 5.94. The number of nitrogens with one attached hydrogen (secondary N) is 1. The van der Waals surface area contributed by atoms with Gasteiger partial charge in [-0.05, 0) is 24.2 Å². The fourth-order valence-electron chi connectivity index (χ4n) is 3.04. The highest BCUT2D eigenvalue weighted by molar-refractivity contribution is 5.03. The molecule has 0 aliphatic heterocycles. The molecule has 14 heavy (non-hydrogen) atoms. The first-order valence-electron chi connectivity index (χ1n) is 5.46. The molecule has 1 aliphatic rings. The predicted octanol–water partition coefficient (Wildman–Crippen LogP) is 1.21. The maximum Gasteiger partial charge on any atom is 0.0478 e. The molecule has 0 aromatic rings. The van der Waals surface area contributed by atoms with Crippen molar-refractivity contribution in [3.05, 3.63) is 0 Å². The molecule has 0 saturated heterocycles. The van der Waals surface area contributed by atoms with Gasteiger partial charge in [0.1, 0.15) is 0 Å². The molecule has 3 N–H and O–H groups in total. The monoisotopic (exact) mass is 199 g/mol. The Morgan fingerprint density at radius 2 is 2.00 bits per heavy atom. The molecule has 1 rings (SSSR count). The molecule has 1 saturated carbocycles. The van der Waals surface area contributed by atoms with Crippen LogP contribution in [-0.2, 0) is 0 Å². The molecule has 1 aliphatic carbocycles. The first kappa shape index (κ1) is 12.0. The summed E-state index contributed by atoms with van der Waals surface area (Å²) in [6.45, 7) is 7.68. The summed E-state index contributed by atoms with van der Waals surface area (Å²) in [5.74, 6) is 0.643. The molecule has 0 radical (unpaired) electrons. The summed E-state index contributed by atoms with van der Waals surface area (Å²) in [4.78, 5) is 0. The first-order valence-corrected chi connectivity index (χ1v) is 5.46. The van der Waals surface area contributed by atoms with E-state index in [0.29, 0.717) is 11.3 Å². The van der Waals surface area contributed by atoms with Crippen LogP contribution in [0, 0.1) is 11.3 Å². The zero-order valence-corrected chi connectivity index (χ0v) is 10.2. The molecule has 3 heteroatoms. The highest BCUT2D eigenvalue weighted by Gasteiger charge is 2.47. The highest BCUT2D eigenvalue weighted by atomic mass is 15.5. The Kier molecular flexibility index (Phi) is 3.24. The minimum Gasteiger partial charge on any atom is -0.329 e. The third-order valence-corrected chi connectivity index (χ3v) is 3.41. The van der Waals surface area contributed by atoms with Crippen molar-refractivity contribution < 1.29 is 0 Å². The van der Waals surface area contributed by atoms with Gasteiger partial charge in [0, 0.05) is 26.2 Å². The van der Waals surface area contributed by atoms with Gasteiger partial charge in [-0.25, -0.2) is 5.43 Å². The Balaban J connectivity index is 2.79. The minimum absolute atomic E-state index is 0.104. The molecule has 0 heterocycles. The molecule has 2 unspecified atom stereocenters. The lowest BCUT2D eigenvalue weighted by molar-refractivity contribution is 0.127. The summed E-state index contributed by atoms with van der Waals surface area (Å²) in [5, 5.41) is 2.03. The first-order chi connectivity index (χ1) is 6.31. The number of hydrogen-bond acceptors (Lipinski definition) is 3. The van der Waals surface area contributed by atoms with Crippen LogP contribution >= 0.6 is 0 Å². The SMILES string of the molecule is CC1CC(C)(C)CC1(CN)NN(C)C. The van der Waals surface area contributed by atoms with Crippen LogP contribution in [0.1, 0.15) is 33.6 Å². The predicted molar refractivity (Wildman–Crippen MR) is 60.8 cm³/mol. The van der Waals surface area contributed by atoms with Crippen LogP contribution in [0.2, 0.25) is 0 Å². The fraction of sp³-hybridized carbons (Fsp3) is 1.00. The number of hydrogen-bond donors (Lipinski definition) is 2. The summed E-state index contributed by atoms with van der Waals surface area (Å²) >= 11 is 0. The Hall–Kier alpha value is -0.120. The van der Waals surface area contributed by atoms with Crippen molar-refractivity contribution in [1.82, 2.24) is 10.4 Å². The van der Waals surface area contributed by atoms with Gasteiger partial charge in [0.15, 0.2) is 0 Å². The van der Waals surface area contributed by atoms with Crippen LogP contribution in [0.15, 0.2) is 0 Å². The smallest absolute Gasteiger partial charge is 0.0478 e. The minimum atomic E-state index is 0.104. The average molecular weight is 199 g/mol. The van der Waals surface area contributed by atoms with Crippen LogP contribution in [0.4, 0.5) is 0 Å². The number of rotatable bonds is 3. The van der Waals surface area contributed by atoms with Crippen molar-refractivity contribution in [3.63, 3.8) is 0 Å². The lowest BCUT2D eigenvalue weighted by atomic mass is 9.87. The highest BCUT2D eigenvalue weighted by Crippen LogP contribution is 2.46. The van der Waals surface area contributed by atoms with E-state index in [2.05, 4.69) is 26.2 Å². The third kappa shape index (κ3) is 2.27. The fourth-order valence-corrected chi connectivity index (χ4v) is 3.04. The molecule has 0 spiro atoms.